The Hall–Kier alpha value is -0.670. The summed E-state index contributed by atoms with van der Waals surface area (Å²) in [4.78, 5) is 14.8. The molecule has 4 aliphatic rings. The molecule has 0 aromatic heterocycles. The lowest BCUT2D eigenvalue weighted by Crippen LogP contribution is -2.50. The Balaban J connectivity index is 0.00000150. The van der Waals surface area contributed by atoms with Crippen molar-refractivity contribution in [3.63, 3.8) is 0 Å². The number of Topliss-reactive ketones (excluding diaryl/α,β-unsaturated/α-hetero) is 1. The van der Waals surface area contributed by atoms with E-state index in [1.54, 1.807) is 5.57 Å². The van der Waals surface area contributed by atoms with E-state index in [1.165, 1.54) is 32.1 Å². The number of ether oxygens (including phenoxy) is 1. The molecule has 3 unspecified atom stereocenters. The monoisotopic (exact) mass is 405 g/mol. The molecule has 0 N–H and O–H groups in total. The van der Waals surface area contributed by atoms with Crippen LogP contribution in [0.4, 0.5) is 0 Å². The molecule has 0 bridgehead atoms. The zero-order chi connectivity index (χ0) is 19.2. The maximum atomic E-state index is 12.5. The standard InChI is InChI=1S/C24H39NO2.2CH4/c1-23-12-10-18(27-15-5-14-25(3)4)16-17(23)6-7-19-20-8-9-22(26)24(20,2)13-11-21(19)23;;/h16,18-21H,5-15H2,1-4H3;2*1H4/t18-,19?,20?,21?,23-,24-;;/m0../s1. The SMILES string of the molecule is C.C.CN(C)CCCO[C@@H]1C=C2CCC3C(CC[C@]4(C)C(=O)CCC34)[C@@]2(C)CC1. The molecule has 4 rings (SSSR count). The number of nitrogens with zero attached hydrogens (tertiary/aromatic N) is 1. The number of hydrogen-bond donors (Lipinski definition) is 0. The second kappa shape index (κ2) is 9.22. The van der Waals surface area contributed by atoms with Gasteiger partial charge in [-0.25, -0.2) is 0 Å². The maximum absolute atomic E-state index is 12.5. The van der Waals surface area contributed by atoms with E-state index in [4.69, 9.17) is 4.74 Å². The van der Waals surface area contributed by atoms with E-state index in [0.717, 1.165) is 50.7 Å². The van der Waals surface area contributed by atoms with Crippen LogP contribution in [0, 0.1) is 28.6 Å². The number of ketones is 1. The van der Waals surface area contributed by atoms with Crippen molar-refractivity contribution in [1.29, 1.82) is 0 Å². The van der Waals surface area contributed by atoms with Crippen molar-refractivity contribution in [3.8, 4) is 0 Å². The van der Waals surface area contributed by atoms with Gasteiger partial charge in [-0.3, -0.25) is 4.79 Å². The van der Waals surface area contributed by atoms with E-state index < -0.39 is 0 Å². The van der Waals surface area contributed by atoms with Crippen molar-refractivity contribution in [2.24, 2.45) is 28.6 Å². The highest BCUT2D eigenvalue weighted by molar-refractivity contribution is 5.87. The van der Waals surface area contributed by atoms with Crippen molar-refractivity contribution in [1.82, 2.24) is 4.90 Å². The fraction of sp³-hybridized carbons (Fsp3) is 0.885. The summed E-state index contributed by atoms with van der Waals surface area (Å²) in [5.74, 6) is 2.78. The highest BCUT2D eigenvalue weighted by Crippen LogP contribution is 2.64. The first-order valence-corrected chi connectivity index (χ1v) is 11.4. The molecule has 6 atom stereocenters. The summed E-state index contributed by atoms with van der Waals surface area (Å²) in [5.41, 5.74) is 2.05. The van der Waals surface area contributed by atoms with Crippen molar-refractivity contribution < 1.29 is 9.53 Å². The summed E-state index contributed by atoms with van der Waals surface area (Å²) < 4.78 is 6.22. The van der Waals surface area contributed by atoms with Crippen molar-refractivity contribution in [2.45, 2.75) is 92.6 Å². The number of carbonyl (C=O) groups is 1. The van der Waals surface area contributed by atoms with Crippen LogP contribution >= 0.6 is 0 Å². The van der Waals surface area contributed by atoms with Crippen molar-refractivity contribution >= 4 is 5.78 Å². The van der Waals surface area contributed by atoms with Gasteiger partial charge in [0.05, 0.1) is 6.10 Å². The van der Waals surface area contributed by atoms with Crippen LogP contribution in [-0.4, -0.2) is 44.0 Å². The Labute approximate surface area is 180 Å². The highest BCUT2D eigenvalue weighted by atomic mass is 16.5. The third-order valence-electron chi connectivity index (χ3n) is 8.86. The third-order valence-corrected chi connectivity index (χ3v) is 8.86. The van der Waals surface area contributed by atoms with Gasteiger partial charge in [0.1, 0.15) is 5.78 Å². The summed E-state index contributed by atoms with van der Waals surface area (Å²) in [7, 11) is 4.25. The van der Waals surface area contributed by atoms with Crippen LogP contribution < -0.4 is 0 Å². The maximum Gasteiger partial charge on any atom is 0.139 e. The van der Waals surface area contributed by atoms with Crippen LogP contribution in [0.25, 0.3) is 0 Å². The van der Waals surface area contributed by atoms with Crippen LogP contribution in [0.1, 0.15) is 86.5 Å². The predicted molar refractivity (Wildman–Crippen MR) is 123 cm³/mol. The Morgan fingerprint density at radius 3 is 2.41 bits per heavy atom. The summed E-state index contributed by atoms with van der Waals surface area (Å²) >= 11 is 0. The minimum absolute atomic E-state index is 0. The molecule has 0 radical (unpaired) electrons. The molecule has 0 aromatic carbocycles. The van der Waals surface area contributed by atoms with E-state index in [9.17, 15) is 4.79 Å². The zero-order valence-electron chi connectivity index (χ0n) is 17.9. The summed E-state index contributed by atoms with van der Waals surface area (Å²) in [6.07, 6.45) is 13.3. The molecule has 3 fully saturated rings. The molecule has 0 spiro atoms. The minimum atomic E-state index is 0. The normalized spacial score (nSPS) is 40.9. The van der Waals surface area contributed by atoms with Crippen molar-refractivity contribution in [2.75, 3.05) is 27.2 Å². The number of fused-ring (bicyclic) bond motifs is 5. The van der Waals surface area contributed by atoms with E-state index in [0.29, 0.717) is 23.2 Å². The van der Waals surface area contributed by atoms with Crippen LogP contribution in [0.5, 0.6) is 0 Å². The molecule has 0 aliphatic heterocycles. The third kappa shape index (κ3) is 4.24. The number of carbonyl (C=O) groups excluding carboxylic acids is 1. The highest BCUT2D eigenvalue weighted by Gasteiger charge is 2.58. The molecular formula is C26H47NO2. The summed E-state index contributed by atoms with van der Waals surface area (Å²) in [5, 5.41) is 0. The second-order valence-corrected chi connectivity index (χ2v) is 10.5. The van der Waals surface area contributed by atoms with Gasteiger partial charge in [0.15, 0.2) is 0 Å². The average molecular weight is 406 g/mol. The fourth-order valence-electron chi connectivity index (χ4n) is 7.21. The van der Waals surface area contributed by atoms with Crippen LogP contribution in [0.2, 0.25) is 0 Å². The van der Waals surface area contributed by atoms with E-state index in [1.807, 2.05) is 0 Å². The van der Waals surface area contributed by atoms with Gasteiger partial charge in [0.25, 0.3) is 0 Å². The lowest BCUT2D eigenvalue weighted by molar-refractivity contribution is -0.132. The Morgan fingerprint density at radius 1 is 1.00 bits per heavy atom. The zero-order valence-corrected chi connectivity index (χ0v) is 17.9. The van der Waals surface area contributed by atoms with Crippen LogP contribution in [0.15, 0.2) is 11.6 Å². The van der Waals surface area contributed by atoms with E-state index >= 15 is 0 Å². The molecular weight excluding hydrogens is 358 g/mol. The quantitative estimate of drug-likeness (QED) is 0.407. The van der Waals surface area contributed by atoms with E-state index in [2.05, 4.69) is 38.9 Å². The second-order valence-electron chi connectivity index (χ2n) is 10.5. The van der Waals surface area contributed by atoms with Gasteiger partial charge in [-0.1, -0.05) is 40.3 Å². The van der Waals surface area contributed by atoms with Gasteiger partial charge in [-0.2, -0.15) is 0 Å². The average Bonchev–Trinajstić information content (AvgIpc) is 2.94. The molecule has 4 aliphatic carbocycles. The first-order chi connectivity index (χ1) is 12.8. The largest absolute Gasteiger partial charge is 0.374 e. The molecule has 3 heteroatoms. The first kappa shape index (κ1) is 24.6. The number of hydrogen-bond acceptors (Lipinski definition) is 3. The van der Waals surface area contributed by atoms with Gasteiger partial charge in [-0.05, 0) is 95.2 Å². The lowest BCUT2D eigenvalue weighted by atomic mass is 9.47. The topological polar surface area (TPSA) is 29.5 Å². The van der Waals surface area contributed by atoms with Gasteiger partial charge in [0.2, 0.25) is 0 Å². The first-order valence-electron chi connectivity index (χ1n) is 11.4. The number of rotatable bonds is 5. The van der Waals surface area contributed by atoms with Gasteiger partial charge in [-0.15, -0.1) is 0 Å². The van der Waals surface area contributed by atoms with Crippen molar-refractivity contribution in [3.05, 3.63) is 11.6 Å². The van der Waals surface area contributed by atoms with Gasteiger partial charge < -0.3 is 9.64 Å². The molecule has 0 amide bonds. The lowest BCUT2D eigenvalue weighted by Gasteiger charge is -2.57. The van der Waals surface area contributed by atoms with Crippen LogP contribution in [0.3, 0.4) is 0 Å². The van der Waals surface area contributed by atoms with E-state index in [-0.39, 0.29) is 20.3 Å². The smallest absolute Gasteiger partial charge is 0.139 e. The number of allylic oxidation sites excluding steroid dienone is 1. The fourth-order valence-corrected chi connectivity index (χ4v) is 7.21. The molecule has 0 heterocycles. The molecule has 29 heavy (non-hydrogen) atoms. The van der Waals surface area contributed by atoms with Crippen LogP contribution in [-0.2, 0) is 9.53 Å². The molecule has 0 aromatic rings. The summed E-state index contributed by atoms with van der Waals surface area (Å²) in [6.45, 7) is 6.80. The minimum Gasteiger partial charge on any atom is -0.374 e. The Kier molecular flexibility index (Phi) is 7.82. The molecule has 3 saturated carbocycles. The van der Waals surface area contributed by atoms with Gasteiger partial charge in [0, 0.05) is 18.4 Å². The molecule has 168 valence electrons. The summed E-state index contributed by atoms with van der Waals surface area (Å²) in [6, 6.07) is 0. The predicted octanol–water partition coefficient (Wildman–Crippen LogP) is 6.13. The molecule has 3 nitrogen and oxygen atoms in total. The Bertz CT molecular complexity index is 612. The van der Waals surface area contributed by atoms with Gasteiger partial charge >= 0.3 is 0 Å². The molecule has 0 saturated heterocycles. The Morgan fingerprint density at radius 2 is 1.69 bits per heavy atom.